The summed E-state index contributed by atoms with van der Waals surface area (Å²) in [5, 5.41) is 19.6. The average Bonchev–Trinajstić information content (AvgIpc) is 3.47. The van der Waals surface area contributed by atoms with Gasteiger partial charge in [0, 0.05) is 6.07 Å². The van der Waals surface area contributed by atoms with Crippen molar-refractivity contribution >= 4 is 36.8 Å². The molecule has 0 spiro atoms. The van der Waals surface area contributed by atoms with Crippen molar-refractivity contribution in [2.24, 2.45) is 5.92 Å². The molecule has 2 atom stereocenters. The Morgan fingerprint density at radius 3 is 2.51 bits per heavy atom. The van der Waals surface area contributed by atoms with E-state index in [2.05, 4.69) is 22.7 Å². The summed E-state index contributed by atoms with van der Waals surface area (Å²) >= 11 is 0. The van der Waals surface area contributed by atoms with Crippen LogP contribution in [0.2, 0.25) is 0 Å². The average molecular weight is 617 g/mol. The van der Waals surface area contributed by atoms with Gasteiger partial charge in [-0.1, -0.05) is 81.4 Å². The molecule has 4 rings (SSSR count). The number of hydrogen-bond donors (Lipinski definition) is 3. The second-order valence-electron chi connectivity index (χ2n) is 11.9. The number of rotatable bonds is 16. The van der Waals surface area contributed by atoms with Gasteiger partial charge in [0.25, 0.3) is 5.91 Å². The lowest BCUT2D eigenvalue weighted by atomic mass is 9.90. The van der Waals surface area contributed by atoms with E-state index in [4.69, 9.17) is 9.47 Å². The number of carboxylic acids is 1. The third-order valence-corrected chi connectivity index (χ3v) is 8.22. The number of carboxylic acid groups (broad SMARTS) is 1. The van der Waals surface area contributed by atoms with Gasteiger partial charge in [-0.05, 0) is 49.3 Å². The number of aromatic nitrogens is 2. The third-order valence-electron chi connectivity index (χ3n) is 8.22. The minimum Gasteiger partial charge on any atom is -0.491 e. The van der Waals surface area contributed by atoms with Crippen LogP contribution in [0.25, 0.3) is 0 Å². The zero-order valence-electron chi connectivity index (χ0n) is 26.6. The van der Waals surface area contributed by atoms with Crippen LogP contribution in [0.3, 0.4) is 0 Å². The molecule has 0 aliphatic heterocycles. The number of hydrogen-bond acceptors (Lipinski definition) is 6. The van der Waals surface area contributed by atoms with E-state index in [1.807, 2.05) is 63.3 Å². The Bertz CT molecular complexity index is 1420. The summed E-state index contributed by atoms with van der Waals surface area (Å²) in [6.07, 6.45) is 7.97. The highest BCUT2D eigenvalue weighted by molar-refractivity contribution is 6.32. The minimum absolute atomic E-state index is 0.0410. The first-order chi connectivity index (χ1) is 21.8. The highest BCUT2D eigenvalue weighted by atomic mass is 16.5. The second-order valence-corrected chi connectivity index (χ2v) is 11.9. The Hall–Kier alpha value is -4.12. The molecule has 10 nitrogen and oxygen atoms in total. The van der Waals surface area contributed by atoms with Gasteiger partial charge in [0.05, 0.1) is 31.0 Å². The molecule has 1 heterocycles. The van der Waals surface area contributed by atoms with Crippen LogP contribution in [0.4, 0.5) is 5.69 Å². The van der Waals surface area contributed by atoms with Crippen LogP contribution < -0.4 is 20.8 Å². The molecule has 1 saturated carbocycles. The first-order valence-electron chi connectivity index (χ1n) is 16.1. The van der Waals surface area contributed by atoms with Crippen LogP contribution in [0, 0.1) is 5.92 Å². The standard InChI is InChI=1S/C34H45BN4O6/c1-3-11-30(44-21-23-12-7-5-8-13-23)26(4-2)36-32(40)20-39-29(19-28(38-39)34(42)43)33(41)37-27-18-25(35)16-17-31(27)45-22-24-14-9-6-10-15-24/h5,7-8,12-13,16-19,24,26,30H,3-4,6,9-11,14-15,20-22,35H2,1-2H3,(H,36,40)(H,37,41)(H,42,43)/t26-,30-/m0/s1. The first-order valence-corrected chi connectivity index (χ1v) is 16.1. The van der Waals surface area contributed by atoms with Crippen molar-refractivity contribution in [3.05, 3.63) is 71.5 Å². The summed E-state index contributed by atoms with van der Waals surface area (Å²) in [7, 11) is 1.91. The summed E-state index contributed by atoms with van der Waals surface area (Å²) in [4.78, 5) is 38.6. The van der Waals surface area contributed by atoms with Gasteiger partial charge in [0.15, 0.2) is 5.69 Å². The van der Waals surface area contributed by atoms with Crippen molar-refractivity contribution in [3.63, 3.8) is 0 Å². The molecule has 1 aromatic heterocycles. The van der Waals surface area contributed by atoms with Crippen molar-refractivity contribution in [1.29, 1.82) is 0 Å². The topological polar surface area (TPSA) is 132 Å². The van der Waals surface area contributed by atoms with Crippen LogP contribution in [-0.2, 0) is 22.7 Å². The number of carbonyl (C=O) groups is 3. The molecule has 3 N–H and O–H groups in total. The number of anilines is 1. The van der Waals surface area contributed by atoms with E-state index < -0.39 is 17.8 Å². The molecule has 240 valence electrons. The van der Waals surface area contributed by atoms with Gasteiger partial charge in [-0.15, -0.1) is 0 Å². The molecule has 1 aliphatic rings. The van der Waals surface area contributed by atoms with E-state index in [-0.39, 0.29) is 30.1 Å². The highest BCUT2D eigenvalue weighted by Crippen LogP contribution is 2.28. The Balaban J connectivity index is 1.46. The number of benzene rings is 2. The van der Waals surface area contributed by atoms with Crippen LogP contribution >= 0.6 is 0 Å². The molecule has 2 aromatic carbocycles. The number of nitrogens with zero attached hydrogens (tertiary/aromatic N) is 2. The largest absolute Gasteiger partial charge is 0.491 e. The molecule has 3 aromatic rings. The summed E-state index contributed by atoms with van der Waals surface area (Å²) in [5.41, 5.74) is 2.09. The normalized spacial score (nSPS) is 14.8. The van der Waals surface area contributed by atoms with Crippen LogP contribution in [0.15, 0.2) is 54.6 Å². The zero-order valence-corrected chi connectivity index (χ0v) is 26.6. The molecular weight excluding hydrogens is 571 g/mol. The maximum Gasteiger partial charge on any atom is 0.356 e. The molecule has 11 heteroatoms. The number of ether oxygens (including phenoxy) is 2. The fourth-order valence-corrected chi connectivity index (χ4v) is 5.75. The minimum atomic E-state index is -1.29. The Kier molecular flexibility index (Phi) is 12.6. The van der Waals surface area contributed by atoms with Crippen molar-refractivity contribution in [2.45, 2.75) is 90.5 Å². The number of amides is 2. The van der Waals surface area contributed by atoms with Crippen LogP contribution in [0.5, 0.6) is 5.75 Å². The Morgan fingerprint density at radius 2 is 1.82 bits per heavy atom. The second kappa shape index (κ2) is 16.8. The van der Waals surface area contributed by atoms with Gasteiger partial charge in [-0.2, -0.15) is 5.10 Å². The molecule has 0 bridgehead atoms. The molecule has 1 fully saturated rings. The molecule has 2 amide bonds. The van der Waals surface area contributed by atoms with Crippen molar-refractivity contribution < 1.29 is 29.0 Å². The molecule has 0 saturated heterocycles. The molecule has 0 radical (unpaired) electrons. The molecule has 0 unspecified atom stereocenters. The predicted octanol–water partition coefficient (Wildman–Crippen LogP) is 4.33. The van der Waals surface area contributed by atoms with Crippen LogP contribution in [0.1, 0.15) is 91.8 Å². The van der Waals surface area contributed by atoms with Gasteiger partial charge in [0.1, 0.15) is 25.8 Å². The number of nitrogens with one attached hydrogen (secondary N) is 2. The third kappa shape index (κ3) is 9.94. The van der Waals surface area contributed by atoms with E-state index >= 15 is 0 Å². The summed E-state index contributed by atoms with van der Waals surface area (Å²) in [5.74, 6) is -1.25. The van der Waals surface area contributed by atoms with E-state index in [9.17, 15) is 19.5 Å². The van der Waals surface area contributed by atoms with Gasteiger partial charge < -0.3 is 25.2 Å². The van der Waals surface area contributed by atoms with Crippen LogP contribution in [-0.4, -0.2) is 59.3 Å². The summed E-state index contributed by atoms with van der Waals surface area (Å²) < 4.78 is 13.5. The van der Waals surface area contributed by atoms with Crippen molar-refractivity contribution in [3.8, 4) is 5.75 Å². The first kappa shape index (κ1) is 33.8. The fourth-order valence-electron chi connectivity index (χ4n) is 5.75. The van der Waals surface area contributed by atoms with Crippen molar-refractivity contribution in [2.75, 3.05) is 11.9 Å². The van der Waals surface area contributed by atoms with E-state index in [0.29, 0.717) is 37.0 Å². The lowest BCUT2D eigenvalue weighted by molar-refractivity contribution is -0.124. The zero-order chi connectivity index (χ0) is 32.2. The maximum absolute atomic E-state index is 13.5. The Morgan fingerprint density at radius 1 is 1.07 bits per heavy atom. The number of carbonyl (C=O) groups excluding carboxylic acids is 2. The summed E-state index contributed by atoms with van der Waals surface area (Å²) in [6.45, 7) is 4.71. The van der Waals surface area contributed by atoms with E-state index in [1.54, 1.807) is 0 Å². The lowest BCUT2D eigenvalue weighted by Gasteiger charge is -2.27. The van der Waals surface area contributed by atoms with E-state index in [0.717, 1.165) is 41.4 Å². The Labute approximate surface area is 266 Å². The van der Waals surface area contributed by atoms with Gasteiger partial charge >= 0.3 is 5.97 Å². The molecular formula is C34H45BN4O6. The van der Waals surface area contributed by atoms with E-state index in [1.165, 1.54) is 25.3 Å². The lowest BCUT2D eigenvalue weighted by Crippen LogP contribution is -2.45. The smallest absolute Gasteiger partial charge is 0.356 e. The van der Waals surface area contributed by atoms with Crippen molar-refractivity contribution in [1.82, 2.24) is 15.1 Å². The van der Waals surface area contributed by atoms with Gasteiger partial charge in [-0.3, -0.25) is 9.59 Å². The van der Waals surface area contributed by atoms with Gasteiger partial charge in [-0.25, -0.2) is 9.48 Å². The molecule has 1 aliphatic carbocycles. The summed E-state index contributed by atoms with van der Waals surface area (Å²) in [6, 6.07) is 16.3. The number of aromatic carboxylic acids is 1. The quantitative estimate of drug-likeness (QED) is 0.204. The maximum atomic E-state index is 13.5. The fraction of sp³-hybridized carbons (Fsp3) is 0.471. The highest BCUT2D eigenvalue weighted by Gasteiger charge is 2.25. The van der Waals surface area contributed by atoms with Gasteiger partial charge in [0.2, 0.25) is 5.91 Å². The predicted molar refractivity (Wildman–Crippen MR) is 176 cm³/mol. The monoisotopic (exact) mass is 616 g/mol. The SMILES string of the molecule is Bc1ccc(OCC2CCCCC2)c(NC(=O)c2cc(C(=O)O)nn2CC(=O)N[C@@H](CC)[C@H](CCC)OCc2ccccc2)c1. The molecule has 45 heavy (non-hydrogen) atoms.